The highest BCUT2D eigenvalue weighted by molar-refractivity contribution is 5.95. The first-order valence-electron chi connectivity index (χ1n) is 8.54. The number of guanidine groups is 1. The molecule has 0 spiro atoms. The molecule has 0 saturated carbocycles. The zero-order chi connectivity index (χ0) is 18.8. The van der Waals surface area contributed by atoms with E-state index in [1.807, 2.05) is 24.3 Å². The molecule has 1 amide bonds. The summed E-state index contributed by atoms with van der Waals surface area (Å²) in [6, 6.07) is 15.4. The Morgan fingerprint density at radius 2 is 1.88 bits per heavy atom. The van der Waals surface area contributed by atoms with E-state index in [-0.39, 0.29) is 12.5 Å². The third-order valence-electron chi connectivity index (χ3n) is 3.90. The summed E-state index contributed by atoms with van der Waals surface area (Å²) in [5, 5.41) is 9.05. The van der Waals surface area contributed by atoms with E-state index in [9.17, 15) is 4.79 Å². The molecular formula is C21H24N4O. The Bertz CT molecular complexity index is 821. The summed E-state index contributed by atoms with van der Waals surface area (Å²) < 4.78 is 0. The van der Waals surface area contributed by atoms with Gasteiger partial charge in [0.05, 0.1) is 6.54 Å². The second-order valence-electron chi connectivity index (χ2n) is 5.67. The fourth-order valence-corrected chi connectivity index (χ4v) is 2.53. The SMILES string of the molecule is C#Cc1cccc(NC(=O)CNC(=NC)NCc2ccccc2CC)c1. The van der Waals surface area contributed by atoms with Crippen LogP contribution >= 0.6 is 0 Å². The Labute approximate surface area is 154 Å². The largest absolute Gasteiger partial charge is 0.352 e. The molecule has 0 aliphatic carbocycles. The molecule has 0 heterocycles. The van der Waals surface area contributed by atoms with Gasteiger partial charge >= 0.3 is 0 Å². The van der Waals surface area contributed by atoms with Gasteiger partial charge < -0.3 is 16.0 Å². The minimum Gasteiger partial charge on any atom is -0.352 e. The van der Waals surface area contributed by atoms with Gasteiger partial charge in [0.15, 0.2) is 5.96 Å². The number of aryl methyl sites for hydroxylation is 1. The number of nitrogens with zero attached hydrogens (tertiary/aromatic N) is 1. The van der Waals surface area contributed by atoms with Crippen molar-refractivity contribution in [1.29, 1.82) is 0 Å². The first-order valence-corrected chi connectivity index (χ1v) is 8.54. The van der Waals surface area contributed by atoms with Gasteiger partial charge in [0.1, 0.15) is 0 Å². The number of nitrogens with one attached hydrogen (secondary N) is 3. The van der Waals surface area contributed by atoms with Crippen molar-refractivity contribution >= 4 is 17.6 Å². The first-order chi connectivity index (χ1) is 12.7. The van der Waals surface area contributed by atoms with Crippen molar-refractivity contribution in [2.45, 2.75) is 19.9 Å². The van der Waals surface area contributed by atoms with Gasteiger partial charge in [-0.15, -0.1) is 6.42 Å². The van der Waals surface area contributed by atoms with Crippen LogP contribution in [0.3, 0.4) is 0 Å². The molecule has 5 heteroatoms. The monoisotopic (exact) mass is 348 g/mol. The van der Waals surface area contributed by atoms with Crippen LogP contribution < -0.4 is 16.0 Å². The lowest BCUT2D eigenvalue weighted by molar-refractivity contribution is -0.115. The Morgan fingerprint density at radius 1 is 1.12 bits per heavy atom. The third-order valence-corrected chi connectivity index (χ3v) is 3.90. The molecule has 3 N–H and O–H groups in total. The molecule has 0 unspecified atom stereocenters. The number of carbonyl (C=O) groups is 1. The normalized spacial score (nSPS) is 10.7. The smallest absolute Gasteiger partial charge is 0.243 e. The molecule has 26 heavy (non-hydrogen) atoms. The molecule has 2 rings (SSSR count). The second-order valence-corrected chi connectivity index (χ2v) is 5.67. The summed E-state index contributed by atoms with van der Waals surface area (Å²) in [5.74, 6) is 2.95. The van der Waals surface area contributed by atoms with Gasteiger partial charge in [-0.1, -0.05) is 43.2 Å². The molecule has 0 radical (unpaired) electrons. The van der Waals surface area contributed by atoms with Crippen molar-refractivity contribution in [2.75, 3.05) is 18.9 Å². The van der Waals surface area contributed by atoms with Crippen LogP contribution in [0.15, 0.2) is 53.5 Å². The number of hydrogen-bond donors (Lipinski definition) is 3. The topological polar surface area (TPSA) is 65.5 Å². The third kappa shape index (κ3) is 5.67. The Hall–Kier alpha value is -3.26. The lowest BCUT2D eigenvalue weighted by Crippen LogP contribution is -2.41. The number of hydrogen-bond acceptors (Lipinski definition) is 2. The molecule has 0 saturated heterocycles. The van der Waals surface area contributed by atoms with E-state index >= 15 is 0 Å². The van der Waals surface area contributed by atoms with Gasteiger partial charge in [0.25, 0.3) is 0 Å². The van der Waals surface area contributed by atoms with Crippen LogP contribution in [0.4, 0.5) is 5.69 Å². The molecular weight excluding hydrogens is 324 g/mol. The van der Waals surface area contributed by atoms with Gasteiger partial charge in [0.2, 0.25) is 5.91 Å². The van der Waals surface area contributed by atoms with Gasteiger partial charge in [-0.3, -0.25) is 9.79 Å². The van der Waals surface area contributed by atoms with Crippen LogP contribution in [-0.2, 0) is 17.8 Å². The van der Waals surface area contributed by atoms with Crippen molar-refractivity contribution < 1.29 is 4.79 Å². The van der Waals surface area contributed by atoms with Gasteiger partial charge in [-0.25, -0.2) is 0 Å². The Balaban J connectivity index is 1.84. The Kier molecular flexibility index (Phi) is 7.26. The highest BCUT2D eigenvalue weighted by Gasteiger charge is 2.06. The minimum atomic E-state index is -0.170. The minimum absolute atomic E-state index is 0.107. The van der Waals surface area contributed by atoms with E-state index in [0.29, 0.717) is 18.2 Å². The zero-order valence-corrected chi connectivity index (χ0v) is 15.2. The number of terminal acetylenes is 1. The molecule has 0 aliphatic rings. The van der Waals surface area contributed by atoms with Crippen LogP contribution in [0.2, 0.25) is 0 Å². The van der Waals surface area contributed by atoms with Crippen LogP contribution in [0.5, 0.6) is 0 Å². The summed E-state index contributed by atoms with van der Waals surface area (Å²) in [5.41, 5.74) is 3.91. The highest BCUT2D eigenvalue weighted by Crippen LogP contribution is 2.10. The quantitative estimate of drug-likeness (QED) is 0.427. The Morgan fingerprint density at radius 3 is 2.58 bits per heavy atom. The van der Waals surface area contributed by atoms with Gasteiger partial charge in [-0.05, 0) is 35.7 Å². The molecule has 0 aliphatic heterocycles. The average molecular weight is 348 g/mol. The maximum Gasteiger partial charge on any atom is 0.243 e. The summed E-state index contributed by atoms with van der Waals surface area (Å²) >= 11 is 0. The van der Waals surface area contributed by atoms with Crippen molar-refractivity contribution in [2.24, 2.45) is 4.99 Å². The summed E-state index contributed by atoms with van der Waals surface area (Å²) in [4.78, 5) is 16.3. The van der Waals surface area contributed by atoms with Gasteiger partial charge in [0, 0.05) is 24.8 Å². The number of benzene rings is 2. The van der Waals surface area contributed by atoms with Crippen LogP contribution in [-0.4, -0.2) is 25.5 Å². The lowest BCUT2D eigenvalue weighted by Gasteiger charge is -2.14. The average Bonchev–Trinajstić information content (AvgIpc) is 2.68. The maximum absolute atomic E-state index is 12.1. The van der Waals surface area contributed by atoms with Crippen molar-refractivity contribution in [3.8, 4) is 12.3 Å². The van der Waals surface area contributed by atoms with E-state index in [1.165, 1.54) is 11.1 Å². The molecule has 0 bridgehead atoms. The molecule has 5 nitrogen and oxygen atoms in total. The van der Waals surface area contributed by atoms with Crippen LogP contribution in [0, 0.1) is 12.3 Å². The molecule has 0 fully saturated rings. The van der Waals surface area contributed by atoms with Crippen LogP contribution in [0.1, 0.15) is 23.6 Å². The van der Waals surface area contributed by atoms with E-state index in [2.05, 4.69) is 45.9 Å². The summed E-state index contributed by atoms with van der Waals surface area (Å²) in [6.07, 6.45) is 6.34. The molecule has 2 aromatic carbocycles. The fourth-order valence-electron chi connectivity index (χ4n) is 2.53. The van der Waals surface area contributed by atoms with E-state index in [0.717, 1.165) is 12.0 Å². The summed E-state index contributed by atoms with van der Waals surface area (Å²) in [7, 11) is 1.68. The predicted octanol–water partition coefficient (Wildman–Crippen LogP) is 2.53. The van der Waals surface area contributed by atoms with Crippen molar-refractivity contribution in [3.05, 3.63) is 65.2 Å². The number of rotatable bonds is 6. The first kappa shape index (κ1) is 19.1. The molecule has 134 valence electrons. The number of anilines is 1. The molecule has 0 aromatic heterocycles. The standard InChI is InChI=1S/C21H24N4O/c1-4-16-9-8-12-19(13-16)25-20(26)15-24-21(22-3)23-14-18-11-7-6-10-17(18)5-2/h1,6-13H,5,14-15H2,2-3H3,(H,25,26)(H2,22,23,24). The fraction of sp³-hybridized carbons (Fsp3) is 0.238. The summed E-state index contributed by atoms with van der Waals surface area (Å²) in [6.45, 7) is 2.89. The van der Waals surface area contributed by atoms with E-state index in [4.69, 9.17) is 6.42 Å². The van der Waals surface area contributed by atoms with Crippen molar-refractivity contribution in [3.63, 3.8) is 0 Å². The highest BCUT2D eigenvalue weighted by atomic mass is 16.1. The molecule has 2 aromatic rings. The number of carbonyl (C=O) groups excluding carboxylic acids is 1. The maximum atomic E-state index is 12.1. The number of aliphatic imine (C=N–C) groups is 1. The molecule has 0 atom stereocenters. The predicted molar refractivity (Wildman–Crippen MR) is 107 cm³/mol. The zero-order valence-electron chi connectivity index (χ0n) is 15.2. The van der Waals surface area contributed by atoms with Gasteiger partial charge in [-0.2, -0.15) is 0 Å². The van der Waals surface area contributed by atoms with Crippen LogP contribution in [0.25, 0.3) is 0 Å². The second kappa shape index (κ2) is 9.90. The van der Waals surface area contributed by atoms with Crippen molar-refractivity contribution in [1.82, 2.24) is 10.6 Å². The lowest BCUT2D eigenvalue weighted by atomic mass is 10.1. The van der Waals surface area contributed by atoms with E-state index < -0.39 is 0 Å². The van der Waals surface area contributed by atoms with E-state index in [1.54, 1.807) is 19.2 Å². The number of amides is 1.